The molecule has 6 nitrogen and oxygen atoms in total. The number of anilines is 2. The zero-order chi connectivity index (χ0) is 23.9. The summed E-state index contributed by atoms with van der Waals surface area (Å²) in [5.74, 6) is -2.29. The molecule has 0 radical (unpaired) electrons. The Labute approximate surface area is 177 Å². The first-order valence-electron chi connectivity index (χ1n) is 9.12. The van der Waals surface area contributed by atoms with Gasteiger partial charge in [-0.15, -0.1) is 0 Å². The van der Waals surface area contributed by atoms with E-state index < -0.39 is 52.6 Å². The molecule has 1 atom stereocenters. The number of halogens is 6. The molecule has 2 N–H and O–H groups in total. The average Bonchev–Trinajstić information content (AvgIpc) is 2.97. The van der Waals surface area contributed by atoms with Gasteiger partial charge in [-0.2, -0.15) is 26.3 Å². The third-order valence-electron chi connectivity index (χ3n) is 4.89. The molecule has 1 unspecified atom stereocenters. The zero-order valence-corrected chi connectivity index (χ0v) is 16.3. The summed E-state index contributed by atoms with van der Waals surface area (Å²) < 4.78 is 77.7. The number of carbonyl (C=O) groups is 3. The van der Waals surface area contributed by atoms with Crippen molar-refractivity contribution in [1.82, 2.24) is 5.32 Å². The third-order valence-corrected chi connectivity index (χ3v) is 4.89. The molecule has 1 aliphatic rings. The standard InChI is InChI=1S/C20H15F6N3O3/c1-2-18(15(30)27-13-7-3-5-11(9-13)19(21,22)23)16(31)29(17(32)28-18)14-8-4-6-12(10-14)20(24,25)26/h3-10H,2H2,1H3,(H,27,30)(H,28,32). The van der Waals surface area contributed by atoms with E-state index in [2.05, 4.69) is 10.6 Å². The highest BCUT2D eigenvalue weighted by Gasteiger charge is 2.56. The van der Waals surface area contributed by atoms with Crippen LogP contribution in [0.3, 0.4) is 0 Å². The molecule has 1 saturated heterocycles. The fourth-order valence-corrected chi connectivity index (χ4v) is 3.20. The summed E-state index contributed by atoms with van der Waals surface area (Å²) >= 11 is 0. The van der Waals surface area contributed by atoms with Gasteiger partial charge in [0.25, 0.3) is 11.8 Å². The van der Waals surface area contributed by atoms with Crippen molar-refractivity contribution in [3.63, 3.8) is 0 Å². The van der Waals surface area contributed by atoms with Crippen LogP contribution in [0.5, 0.6) is 0 Å². The minimum Gasteiger partial charge on any atom is -0.324 e. The van der Waals surface area contributed by atoms with Crippen molar-refractivity contribution >= 4 is 29.2 Å². The summed E-state index contributed by atoms with van der Waals surface area (Å²) in [6.07, 6.45) is -9.73. The van der Waals surface area contributed by atoms with Crippen molar-refractivity contribution in [3.05, 3.63) is 59.7 Å². The molecule has 0 aromatic heterocycles. The van der Waals surface area contributed by atoms with Crippen molar-refractivity contribution in [2.45, 2.75) is 31.2 Å². The van der Waals surface area contributed by atoms with Gasteiger partial charge in [0.05, 0.1) is 16.8 Å². The Morgan fingerprint density at radius 2 is 1.53 bits per heavy atom. The number of imide groups is 1. The molecule has 170 valence electrons. The molecule has 1 aliphatic heterocycles. The maximum absolute atomic E-state index is 13.0. The Bertz CT molecular complexity index is 1080. The minimum absolute atomic E-state index is 0.280. The molecular formula is C20H15F6N3O3. The van der Waals surface area contributed by atoms with E-state index in [1.165, 1.54) is 6.92 Å². The molecule has 32 heavy (non-hydrogen) atoms. The smallest absolute Gasteiger partial charge is 0.324 e. The number of nitrogens with zero attached hydrogens (tertiary/aromatic N) is 1. The first-order valence-corrected chi connectivity index (χ1v) is 9.12. The van der Waals surface area contributed by atoms with E-state index in [9.17, 15) is 40.7 Å². The van der Waals surface area contributed by atoms with Gasteiger partial charge in [0.1, 0.15) is 0 Å². The fourth-order valence-electron chi connectivity index (χ4n) is 3.20. The summed E-state index contributed by atoms with van der Waals surface area (Å²) in [6, 6.07) is 5.88. The van der Waals surface area contributed by atoms with Gasteiger partial charge in [0.15, 0.2) is 0 Å². The van der Waals surface area contributed by atoms with E-state index >= 15 is 0 Å². The van der Waals surface area contributed by atoms with Crippen LogP contribution in [0, 0.1) is 0 Å². The van der Waals surface area contributed by atoms with Crippen molar-refractivity contribution in [2.24, 2.45) is 0 Å². The second kappa shape index (κ2) is 7.84. The second-order valence-corrected chi connectivity index (χ2v) is 6.91. The highest BCUT2D eigenvalue weighted by molar-refractivity contribution is 6.32. The summed E-state index contributed by atoms with van der Waals surface area (Å²) in [4.78, 5) is 38.7. The number of urea groups is 1. The topological polar surface area (TPSA) is 78.5 Å². The number of amides is 4. The highest BCUT2D eigenvalue weighted by Crippen LogP contribution is 2.35. The van der Waals surface area contributed by atoms with Gasteiger partial charge >= 0.3 is 18.4 Å². The van der Waals surface area contributed by atoms with Crippen molar-refractivity contribution in [1.29, 1.82) is 0 Å². The Balaban J connectivity index is 1.93. The van der Waals surface area contributed by atoms with Crippen LogP contribution < -0.4 is 15.5 Å². The Morgan fingerprint density at radius 1 is 0.969 bits per heavy atom. The van der Waals surface area contributed by atoms with Crippen LogP contribution in [0.1, 0.15) is 24.5 Å². The Hall–Kier alpha value is -3.57. The number of hydrogen-bond donors (Lipinski definition) is 2. The lowest BCUT2D eigenvalue weighted by Gasteiger charge is -2.24. The molecule has 12 heteroatoms. The Morgan fingerprint density at radius 3 is 2.09 bits per heavy atom. The number of alkyl halides is 6. The first-order chi connectivity index (χ1) is 14.8. The summed E-state index contributed by atoms with van der Waals surface area (Å²) in [5, 5.41) is 4.33. The number of hydrogen-bond acceptors (Lipinski definition) is 3. The summed E-state index contributed by atoms with van der Waals surface area (Å²) in [7, 11) is 0. The molecule has 2 aromatic rings. The van der Waals surface area contributed by atoms with Crippen LogP contribution in [-0.2, 0) is 21.9 Å². The first kappa shape index (κ1) is 23.1. The molecule has 0 bridgehead atoms. The van der Waals surface area contributed by atoms with Crippen LogP contribution >= 0.6 is 0 Å². The maximum atomic E-state index is 13.0. The highest BCUT2D eigenvalue weighted by atomic mass is 19.4. The van der Waals surface area contributed by atoms with Crippen LogP contribution in [-0.4, -0.2) is 23.4 Å². The van der Waals surface area contributed by atoms with Gasteiger partial charge in [0, 0.05) is 5.69 Å². The third kappa shape index (κ3) is 4.12. The van der Waals surface area contributed by atoms with Crippen LogP contribution in [0.4, 0.5) is 42.5 Å². The predicted molar refractivity (Wildman–Crippen MR) is 101 cm³/mol. The SMILES string of the molecule is CCC1(C(=O)Nc2cccc(C(F)(F)F)c2)NC(=O)N(c2cccc(C(F)(F)F)c2)C1=O. The molecule has 1 heterocycles. The molecule has 0 saturated carbocycles. The lowest BCUT2D eigenvalue weighted by atomic mass is 9.94. The fraction of sp³-hybridized carbons (Fsp3) is 0.250. The normalized spacial score (nSPS) is 19.2. The largest absolute Gasteiger partial charge is 0.416 e. The number of nitrogens with one attached hydrogen (secondary N) is 2. The van der Waals surface area contributed by atoms with Gasteiger partial charge in [-0.05, 0) is 42.8 Å². The quantitative estimate of drug-likeness (QED) is 0.400. The van der Waals surface area contributed by atoms with Gasteiger partial charge in [0.2, 0.25) is 5.54 Å². The van der Waals surface area contributed by atoms with E-state index in [-0.39, 0.29) is 12.1 Å². The van der Waals surface area contributed by atoms with Crippen molar-refractivity contribution in [3.8, 4) is 0 Å². The average molecular weight is 459 g/mol. The molecule has 0 aliphatic carbocycles. The van der Waals surface area contributed by atoms with Crippen LogP contribution in [0.25, 0.3) is 0 Å². The van der Waals surface area contributed by atoms with Gasteiger partial charge in [-0.1, -0.05) is 19.1 Å². The van der Waals surface area contributed by atoms with E-state index in [4.69, 9.17) is 0 Å². The molecule has 0 spiro atoms. The van der Waals surface area contributed by atoms with E-state index in [0.717, 1.165) is 36.4 Å². The molecule has 4 amide bonds. The zero-order valence-electron chi connectivity index (χ0n) is 16.3. The lowest BCUT2D eigenvalue weighted by molar-refractivity contribution is -0.138. The second-order valence-electron chi connectivity index (χ2n) is 6.91. The molecule has 2 aromatic carbocycles. The van der Waals surface area contributed by atoms with E-state index in [0.29, 0.717) is 17.0 Å². The predicted octanol–water partition coefficient (Wildman–Crippen LogP) is 4.57. The summed E-state index contributed by atoms with van der Waals surface area (Å²) in [5.41, 5.74) is -5.08. The summed E-state index contributed by atoms with van der Waals surface area (Å²) in [6.45, 7) is 1.36. The molecular weight excluding hydrogens is 444 g/mol. The maximum Gasteiger partial charge on any atom is 0.416 e. The van der Waals surface area contributed by atoms with Crippen LogP contribution in [0.15, 0.2) is 48.5 Å². The van der Waals surface area contributed by atoms with E-state index in [1.54, 1.807) is 0 Å². The van der Waals surface area contributed by atoms with Crippen molar-refractivity contribution in [2.75, 3.05) is 10.2 Å². The number of benzene rings is 2. The lowest BCUT2D eigenvalue weighted by Crippen LogP contribution is -2.56. The van der Waals surface area contributed by atoms with Crippen molar-refractivity contribution < 1.29 is 40.7 Å². The van der Waals surface area contributed by atoms with Gasteiger partial charge in [-0.25, -0.2) is 9.69 Å². The number of rotatable bonds is 4. The Kier molecular flexibility index (Phi) is 5.66. The van der Waals surface area contributed by atoms with E-state index in [1.807, 2.05) is 0 Å². The van der Waals surface area contributed by atoms with Gasteiger partial charge in [-0.3, -0.25) is 9.59 Å². The number of carbonyl (C=O) groups excluding carboxylic acids is 3. The van der Waals surface area contributed by atoms with Crippen LogP contribution in [0.2, 0.25) is 0 Å². The van der Waals surface area contributed by atoms with Gasteiger partial charge < -0.3 is 10.6 Å². The monoisotopic (exact) mass is 459 g/mol. The minimum atomic E-state index is -4.74. The molecule has 1 fully saturated rings. The molecule has 3 rings (SSSR count).